The Morgan fingerprint density at radius 3 is 2.13 bits per heavy atom. The first-order chi connectivity index (χ1) is 14.3. The van der Waals surface area contributed by atoms with Crippen LogP contribution in [0, 0.1) is 0 Å². The Hall–Kier alpha value is -3.46. The minimum Gasteiger partial charge on any atom is -0.481 e. The summed E-state index contributed by atoms with van der Waals surface area (Å²) >= 11 is 0. The Kier molecular flexibility index (Phi) is 12.2. The van der Waals surface area contributed by atoms with Gasteiger partial charge in [-0.2, -0.15) is 0 Å². The van der Waals surface area contributed by atoms with Crippen LogP contribution in [-0.2, 0) is 24.0 Å². The molecule has 12 N–H and O–H groups in total. The topological polar surface area (TPSA) is 273 Å². The van der Waals surface area contributed by atoms with E-state index in [1.54, 1.807) is 0 Å². The number of nitrogens with zero attached hydrogens (tertiary/aromatic N) is 1. The summed E-state index contributed by atoms with van der Waals surface area (Å²) in [5.41, 5.74) is 16.0. The number of nitrogens with one attached hydrogen (secondary N) is 3. The molecule has 0 aliphatic heterocycles. The second-order valence-electron chi connectivity index (χ2n) is 6.56. The third-order valence-corrected chi connectivity index (χ3v) is 3.80. The molecular weight excluding hydrogens is 418 g/mol. The molecule has 0 aromatic rings. The molecule has 176 valence electrons. The molecule has 0 bridgehead atoms. The van der Waals surface area contributed by atoms with E-state index in [1.165, 1.54) is 0 Å². The molecule has 0 radical (unpaired) electrons. The van der Waals surface area contributed by atoms with Crippen LogP contribution >= 0.6 is 0 Å². The molecule has 0 saturated carbocycles. The van der Waals surface area contributed by atoms with Crippen molar-refractivity contribution in [2.75, 3.05) is 13.1 Å². The van der Waals surface area contributed by atoms with Crippen LogP contribution in [0.25, 0.3) is 0 Å². The minimum absolute atomic E-state index is 0.0993. The largest absolute Gasteiger partial charge is 0.481 e. The average Bonchev–Trinajstić information content (AvgIpc) is 2.65. The lowest BCUT2D eigenvalue weighted by Gasteiger charge is -2.22. The van der Waals surface area contributed by atoms with E-state index >= 15 is 0 Å². The lowest BCUT2D eigenvalue weighted by molar-refractivity contribution is -0.145. The molecular formula is C16H29N7O8. The Bertz CT molecular complexity index is 693. The first-order valence-corrected chi connectivity index (χ1v) is 9.16. The van der Waals surface area contributed by atoms with Gasteiger partial charge in [0.2, 0.25) is 17.7 Å². The van der Waals surface area contributed by atoms with E-state index in [4.69, 9.17) is 27.4 Å². The summed E-state index contributed by atoms with van der Waals surface area (Å²) in [5.74, 6) is -5.81. The normalized spacial score (nSPS) is 14.3. The number of carboxylic acid groups (broad SMARTS) is 2. The molecule has 15 nitrogen and oxygen atoms in total. The number of hydrogen-bond acceptors (Lipinski definition) is 8. The van der Waals surface area contributed by atoms with Gasteiger partial charge in [0.1, 0.15) is 6.04 Å². The van der Waals surface area contributed by atoms with Crippen LogP contribution in [-0.4, -0.2) is 88.3 Å². The molecule has 0 spiro atoms. The predicted molar refractivity (Wildman–Crippen MR) is 106 cm³/mol. The van der Waals surface area contributed by atoms with Crippen LogP contribution < -0.4 is 33.2 Å². The quantitative estimate of drug-likeness (QED) is 0.0693. The van der Waals surface area contributed by atoms with Gasteiger partial charge in [-0.25, -0.2) is 4.79 Å². The summed E-state index contributed by atoms with van der Waals surface area (Å²) in [6, 6.07) is -4.31. The minimum atomic E-state index is -1.71. The molecule has 15 heteroatoms. The highest BCUT2D eigenvalue weighted by Gasteiger charge is 2.30. The van der Waals surface area contributed by atoms with Gasteiger partial charge in [0.05, 0.1) is 25.1 Å². The van der Waals surface area contributed by atoms with Crippen LogP contribution in [0.5, 0.6) is 0 Å². The molecule has 4 atom stereocenters. The average molecular weight is 447 g/mol. The maximum absolute atomic E-state index is 12.2. The van der Waals surface area contributed by atoms with Crippen molar-refractivity contribution in [2.45, 2.75) is 50.4 Å². The SMILES string of the molecule is CC(O)C(NC(=O)C(CC(=O)O)NC(=O)CNC(=O)C(N)CCCN=C(N)N)C(=O)O. The zero-order valence-corrected chi connectivity index (χ0v) is 16.9. The molecule has 31 heavy (non-hydrogen) atoms. The molecule has 0 heterocycles. The van der Waals surface area contributed by atoms with E-state index in [0.717, 1.165) is 6.92 Å². The standard InChI is InChI=1S/C16H29N7O8/c1-7(24)12(15(30)31)23-14(29)9(5-11(26)27)22-10(25)6-21-13(28)8(17)3-2-4-20-16(18)19/h7-9,12,24H,2-6,17H2,1H3,(H,21,28)(H,22,25)(H,23,29)(H,26,27)(H,30,31)(H4,18,19,20). The molecule has 0 aromatic heterocycles. The van der Waals surface area contributed by atoms with E-state index in [2.05, 4.69) is 15.6 Å². The van der Waals surface area contributed by atoms with Gasteiger partial charge in [0.15, 0.2) is 12.0 Å². The molecule has 0 aliphatic rings. The van der Waals surface area contributed by atoms with Gasteiger partial charge in [-0.3, -0.25) is 24.2 Å². The first-order valence-electron chi connectivity index (χ1n) is 9.16. The molecule has 4 unspecified atom stereocenters. The van der Waals surface area contributed by atoms with Crippen molar-refractivity contribution in [1.82, 2.24) is 16.0 Å². The molecule has 0 rings (SSSR count). The van der Waals surface area contributed by atoms with Gasteiger partial charge < -0.3 is 48.5 Å². The fraction of sp³-hybridized carbons (Fsp3) is 0.625. The third kappa shape index (κ3) is 12.0. The Morgan fingerprint density at radius 1 is 1.03 bits per heavy atom. The van der Waals surface area contributed by atoms with Crippen molar-refractivity contribution in [1.29, 1.82) is 0 Å². The van der Waals surface area contributed by atoms with Gasteiger partial charge >= 0.3 is 11.9 Å². The summed E-state index contributed by atoms with van der Waals surface area (Å²) in [6.45, 7) is 0.766. The number of aliphatic hydroxyl groups is 1. The highest BCUT2D eigenvalue weighted by Crippen LogP contribution is 1.99. The lowest BCUT2D eigenvalue weighted by atomic mass is 10.1. The molecule has 0 fully saturated rings. The van der Waals surface area contributed by atoms with Crippen LogP contribution in [0.15, 0.2) is 4.99 Å². The van der Waals surface area contributed by atoms with Gasteiger partial charge in [-0.1, -0.05) is 0 Å². The zero-order chi connectivity index (χ0) is 24.1. The Labute approximate surface area is 177 Å². The van der Waals surface area contributed by atoms with E-state index in [9.17, 15) is 29.1 Å². The van der Waals surface area contributed by atoms with Crippen LogP contribution in [0.2, 0.25) is 0 Å². The monoisotopic (exact) mass is 447 g/mol. The first kappa shape index (κ1) is 27.5. The highest BCUT2D eigenvalue weighted by molar-refractivity contribution is 5.94. The number of carbonyl (C=O) groups excluding carboxylic acids is 3. The fourth-order valence-electron chi connectivity index (χ4n) is 2.22. The van der Waals surface area contributed by atoms with Gasteiger partial charge in [0.25, 0.3) is 0 Å². The van der Waals surface area contributed by atoms with Crippen molar-refractivity contribution < 1.29 is 39.3 Å². The maximum atomic E-state index is 12.2. The number of amides is 3. The number of hydrogen-bond donors (Lipinski definition) is 9. The number of rotatable bonds is 14. The fourth-order valence-corrected chi connectivity index (χ4v) is 2.22. The summed E-state index contributed by atoms with van der Waals surface area (Å²) in [5, 5.41) is 33.6. The lowest BCUT2D eigenvalue weighted by Crippen LogP contribution is -2.56. The molecule has 3 amide bonds. The van der Waals surface area contributed by atoms with Crippen molar-refractivity contribution in [2.24, 2.45) is 22.2 Å². The summed E-state index contributed by atoms with van der Waals surface area (Å²) in [6.07, 6.45) is -1.70. The molecule has 0 aromatic carbocycles. The summed E-state index contributed by atoms with van der Waals surface area (Å²) in [4.78, 5) is 61.8. The Morgan fingerprint density at radius 2 is 1.65 bits per heavy atom. The van der Waals surface area contributed by atoms with Crippen molar-refractivity contribution >= 4 is 35.6 Å². The number of nitrogens with two attached hydrogens (primary N) is 3. The second kappa shape index (κ2) is 13.7. The van der Waals surface area contributed by atoms with E-state index in [1.807, 2.05) is 5.32 Å². The van der Waals surface area contributed by atoms with E-state index < -0.39 is 66.9 Å². The third-order valence-electron chi connectivity index (χ3n) is 3.80. The number of carboxylic acids is 2. The summed E-state index contributed by atoms with van der Waals surface area (Å²) in [7, 11) is 0. The molecule has 0 aliphatic carbocycles. The van der Waals surface area contributed by atoms with Gasteiger partial charge in [-0.15, -0.1) is 0 Å². The number of aliphatic carboxylic acids is 2. The smallest absolute Gasteiger partial charge is 0.328 e. The van der Waals surface area contributed by atoms with Crippen molar-refractivity contribution in [3.8, 4) is 0 Å². The van der Waals surface area contributed by atoms with Gasteiger partial charge in [0, 0.05) is 6.54 Å². The number of aliphatic imine (C=N–C) groups is 1. The highest BCUT2D eigenvalue weighted by atomic mass is 16.4. The number of carbonyl (C=O) groups is 5. The number of aliphatic hydroxyl groups excluding tert-OH is 1. The molecule has 0 saturated heterocycles. The van der Waals surface area contributed by atoms with Crippen LogP contribution in [0.1, 0.15) is 26.2 Å². The van der Waals surface area contributed by atoms with Gasteiger partial charge in [-0.05, 0) is 19.8 Å². The van der Waals surface area contributed by atoms with Crippen molar-refractivity contribution in [3.05, 3.63) is 0 Å². The van der Waals surface area contributed by atoms with E-state index in [-0.39, 0.29) is 18.9 Å². The van der Waals surface area contributed by atoms with E-state index in [0.29, 0.717) is 6.42 Å². The summed E-state index contributed by atoms with van der Waals surface area (Å²) < 4.78 is 0. The zero-order valence-electron chi connectivity index (χ0n) is 16.9. The van der Waals surface area contributed by atoms with Crippen LogP contribution in [0.4, 0.5) is 0 Å². The van der Waals surface area contributed by atoms with Crippen LogP contribution in [0.3, 0.4) is 0 Å². The van der Waals surface area contributed by atoms with Crippen molar-refractivity contribution in [3.63, 3.8) is 0 Å². The second-order valence-corrected chi connectivity index (χ2v) is 6.56. The Balaban J connectivity index is 4.75. The predicted octanol–water partition coefficient (Wildman–Crippen LogP) is -4.61. The maximum Gasteiger partial charge on any atom is 0.328 e. The number of guanidine groups is 1.